The Bertz CT molecular complexity index is 399. The summed E-state index contributed by atoms with van der Waals surface area (Å²) < 4.78 is 5.15. The molecular formula is C11H13NO3. The predicted molar refractivity (Wildman–Crippen MR) is 55.9 cm³/mol. The summed E-state index contributed by atoms with van der Waals surface area (Å²) in [4.78, 5) is 21.8. The Morgan fingerprint density at radius 1 is 1.40 bits per heavy atom. The van der Waals surface area contributed by atoms with Crippen molar-refractivity contribution in [1.82, 2.24) is 0 Å². The van der Waals surface area contributed by atoms with E-state index in [0.717, 1.165) is 5.56 Å². The lowest BCUT2D eigenvalue weighted by Gasteiger charge is -2.08. The molecular weight excluding hydrogens is 194 g/mol. The van der Waals surface area contributed by atoms with Crippen molar-refractivity contribution in [3.63, 3.8) is 0 Å². The van der Waals surface area contributed by atoms with Crippen LogP contribution in [0, 0.1) is 6.92 Å². The standard InChI is InChI=1S/C11H13NO3/c1-7-3-4-9(8(2)13)10(5-7)15-6-11(12)14/h3-5H,6H2,1-2H3,(H2,12,14). The molecule has 0 saturated carbocycles. The minimum Gasteiger partial charge on any atom is -0.483 e. The molecule has 2 N–H and O–H groups in total. The molecule has 4 nitrogen and oxygen atoms in total. The molecule has 0 aromatic heterocycles. The first kappa shape index (κ1) is 11.2. The lowest BCUT2D eigenvalue weighted by Crippen LogP contribution is -2.20. The van der Waals surface area contributed by atoms with E-state index in [2.05, 4.69) is 0 Å². The lowest BCUT2D eigenvalue weighted by molar-refractivity contribution is -0.119. The largest absolute Gasteiger partial charge is 0.483 e. The molecule has 0 atom stereocenters. The maximum atomic E-state index is 11.2. The number of carbonyl (C=O) groups excluding carboxylic acids is 2. The summed E-state index contributed by atoms with van der Waals surface area (Å²) in [6.07, 6.45) is 0. The SMILES string of the molecule is CC(=O)c1ccc(C)cc1OCC(N)=O. The van der Waals surface area contributed by atoms with E-state index >= 15 is 0 Å². The van der Waals surface area contributed by atoms with Gasteiger partial charge in [0.25, 0.3) is 5.91 Å². The van der Waals surface area contributed by atoms with E-state index in [9.17, 15) is 9.59 Å². The number of ether oxygens (including phenoxy) is 1. The van der Waals surface area contributed by atoms with E-state index in [4.69, 9.17) is 10.5 Å². The maximum Gasteiger partial charge on any atom is 0.255 e. The summed E-state index contributed by atoms with van der Waals surface area (Å²) in [5.41, 5.74) is 6.37. The van der Waals surface area contributed by atoms with Crippen molar-refractivity contribution >= 4 is 11.7 Å². The second-order valence-electron chi connectivity index (χ2n) is 3.31. The van der Waals surface area contributed by atoms with Crippen molar-refractivity contribution in [2.75, 3.05) is 6.61 Å². The minimum absolute atomic E-state index is 0.102. The van der Waals surface area contributed by atoms with Crippen LogP contribution < -0.4 is 10.5 Å². The van der Waals surface area contributed by atoms with Gasteiger partial charge < -0.3 is 10.5 Å². The zero-order chi connectivity index (χ0) is 11.4. The number of aryl methyl sites for hydroxylation is 1. The molecule has 0 unspecified atom stereocenters. The number of primary amides is 1. The number of hydrogen-bond acceptors (Lipinski definition) is 3. The molecule has 0 aliphatic carbocycles. The topological polar surface area (TPSA) is 69.4 Å². The molecule has 0 aliphatic rings. The Morgan fingerprint density at radius 3 is 2.60 bits per heavy atom. The fourth-order valence-electron chi connectivity index (χ4n) is 1.19. The summed E-state index contributed by atoms with van der Waals surface area (Å²) in [7, 11) is 0. The number of rotatable bonds is 4. The summed E-state index contributed by atoms with van der Waals surface area (Å²) in [5.74, 6) is -0.262. The second kappa shape index (κ2) is 4.59. The van der Waals surface area contributed by atoms with Crippen LogP contribution in [0.2, 0.25) is 0 Å². The van der Waals surface area contributed by atoms with Gasteiger partial charge in [0.2, 0.25) is 0 Å². The van der Waals surface area contributed by atoms with Crippen LogP contribution in [-0.2, 0) is 4.79 Å². The summed E-state index contributed by atoms with van der Waals surface area (Å²) in [6.45, 7) is 3.10. The molecule has 0 heterocycles. The zero-order valence-electron chi connectivity index (χ0n) is 8.74. The van der Waals surface area contributed by atoms with Gasteiger partial charge in [0.05, 0.1) is 5.56 Å². The molecule has 0 radical (unpaired) electrons. The van der Waals surface area contributed by atoms with Crippen LogP contribution in [0.1, 0.15) is 22.8 Å². The van der Waals surface area contributed by atoms with Gasteiger partial charge in [0.15, 0.2) is 12.4 Å². The molecule has 1 amide bonds. The molecule has 1 rings (SSSR count). The molecule has 1 aromatic carbocycles. The van der Waals surface area contributed by atoms with Gasteiger partial charge in [0, 0.05) is 0 Å². The number of benzene rings is 1. The van der Waals surface area contributed by atoms with Crippen LogP contribution in [0.3, 0.4) is 0 Å². The first-order valence-corrected chi connectivity index (χ1v) is 4.53. The van der Waals surface area contributed by atoms with Crippen molar-refractivity contribution < 1.29 is 14.3 Å². The van der Waals surface area contributed by atoms with E-state index in [-0.39, 0.29) is 12.4 Å². The third-order valence-electron chi connectivity index (χ3n) is 1.89. The molecule has 1 aromatic rings. The highest BCUT2D eigenvalue weighted by Gasteiger charge is 2.09. The van der Waals surface area contributed by atoms with Gasteiger partial charge in [-0.25, -0.2) is 0 Å². The van der Waals surface area contributed by atoms with Crippen LogP contribution in [0.15, 0.2) is 18.2 Å². The van der Waals surface area contributed by atoms with Gasteiger partial charge in [0.1, 0.15) is 5.75 Å². The smallest absolute Gasteiger partial charge is 0.255 e. The molecule has 4 heteroatoms. The van der Waals surface area contributed by atoms with E-state index in [1.807, 2.05) is 13.0 Å². The fraction of sp³-hybridized carbons (Fsp3) is 0.273. The van der Waals surface area contributed by atoms with Crippen LogP contribution in [0.4, 0.5) is 0 Å². The van der Waals surface area contributed by atoms with Crippen LogP contribution in [0.25, 0.3) is 0 Å². The molecule has 80 valence electrons. The number of Topliss-reactive ketones (excluding diaryl/α,β-unsaturated/α-hetero) is 1. The number of ketones is 1. The van der Waals surface area contributed by atoms with Crippen molar-refractivity contribution in [3.8, 4) is 5.75 Å². The van der Waals surface area contributed by atoms with Crippen LogP contribution >= 0.6 is 0 Å². The summed E-state index contributed by atoms with van der Waals surface area (Å²) in [5, 5.41) is 0. The van der Waals surface area contributed by atoms with Crippen molar-refractivity contribution in [3.05, 3.63) is 29.3 Å². The Morgan fingerprint density at radius 2 is 2.07 bits per heavy atom. The summed E-state index contributed by atoms with van der Waals surface area (Å²) >= 11 is 0. The molecule has 0 bridgehead atoms. The fourth-order valence-corrected chi connectivity index (χ4v) is 1.19. The highest BCUT2D eigenvalue weighted by Crippen LogP contribution is 2.20. The Balaban J connectivity index is 2.96. The molecule has 15 heavy (non-hydrogen) atoms. The lowest BCUT2D eigenvalue weighted by atomic mass is 10.1. The first-order valence-electron chi connectivity index (χ1n) is 4.53. The normalized spacial score (nSPS) is 9.73. The van der Waals surface area contributed by atoms with Gasteiger partial charge >= 0.3 is 0 Å². The van der Waals surface area contributed by atoms with Gasteiger partial charge in [-0.05, 0) is 31.5 Å². The average Bonchev–Trinajstić information content (AvgIpc) is 2.14. The van der Waals surface area contributed by atoms with E-state index in [0.29, 0.717) is 11.3 Å². The van der Waals surface area contributed by atoms with Crippen molar-refractivity contribution in [2.45, 2.75) is 13.8 Å². The van der Waals surface area contributed by atoms with Crippen LogP contribution in [-0.4, -0.2) is 18.3 Å². The predicted octanol–water partition coefficient (Wildman–Crippen LogP) is 1.06. The van der Waals surface area contributed by atoms with Crippen LogP contribution in [0.5, 0.6) is 5.75 Å². The monoisotopic (exact) mass is 207 g/mol. The van der Waals surface area contributed by atoms with Crippen molar-refractivity contribution in [1.29, 1.82) is 0 Å². The average molecular weight is 207 g/mol. The first-order chi connectivity index (χ1) is 7.00. The zero-order valence-corrected chi connectivity index (χ0v) is 8.74. The van der Waals surface area contributed by atoms with E-state index in [1.165, 1.54) is 6.92 Å². The van der Waals surface area contributed by atoms with Gasteiger partial charge in [-0.1, -0.05) is 6.07 Å². The molecule has 0 fully saturated rings. The second-order valence-corrected chi connectivity index (χ2v) is 3.31. The van der Waals surface area contributed by atoms with Gasteiger partial charge in [-0.2, -0.15) is 0 Å². The number of nitrogens with two attached hydrogens (primary N) is 1. The number of amides is 1. The maximum absolute atomic E-state index is 11.2. The van der Waals surface area contributed by atoms with E-state index < -0.39 is 5.91 Å². The molecule has 0 aliphatic heterocycles. The molecule has 0 saturated heterocycles. The third kappa shape index (κ3) is 3.09. The molecule has 0 spiro atoms. The Kier molecular flexibility index (Phi) is 3.44. The summed E-state index contributed by atoms with van der Waals surface area (Å²) in [6, 6.07) is 5.20. The van der Waals surface area contributed by atoms with Crippen molar-refractivity contribution in [2.24, 2.45) is 5.73 Å². The highest BCUT2D eigenvalue weighted by atomic mass is 16.5. The highest BCUT2D eigenvalue weighted by molar-refractivity contribution is 5.97. The van der Waals surface area contributed by atoms with Gasteiger partial charge in [-0.15, -0.1) is 0 Å². The number of hydrogen-bond donors (Lipinski definition) is 1. The van der Waals surface area contributed by atoms with E-state index in [1.54, 1.807) is 12.1 Å². The Hall–Kier alpha value is -1.84. The minimum atomic E-state index is -0.564. The van der Waals surface area contributed by atoms with Gasteiger partial charge in [-0.3, -0.25) is 9.59 Å². The quantitative estimate of drug-likeness (QED) is 0.750. The Labute approximate surface area is 88.0 Å². The number of carbonyl (C=O) groups is 2. The third-order valence-corrected chi connectivity index (χ3v) is 1.89.